The van der Waals surface area contributed by atoms with Gasteiger partial charge in [0.05, 0.1) is 17.8 Å². The summed E-state index contributed by atoms with van der Waals surface area (Å²) >= 11 is 0. The highest BCUT2D eigenvalue weighted by Gasteiger charge is 2.20. The van der Waals surface area contributed by atoms with Crippen LogP contribution in [0.5, 0.6) is 0 Å². The van der Waals surface area contributed by atoms with E-state index in [1.54, 1.807) is 6.20 Å². The molecule has 0 spiro atoms. The van der Waals surface area contributed by atoms with Crippen LogP contribution in [0.25, 0.3) is 10.9 Å². The van der Waals surface area contributed by atoms with Gasteiger partial charge in [0.15, 0.2) is 0 Å². The van der Waals surface area contributed by atoms with E-state index < -0.39 is 0 Å². The molecule has 0 saturated heterocycles. The van der Waals surface area contributed by atoms with Gasteiger partial charge in [0.25, 0.3) is 0 Å². The number of aromatic nitrogens is 3. The fourth-order valence-electron chi connectivity index (χ4n) is 2.96. The van der Waals surface area contributed by atoms with Crippen LogP contribution in [0.3, 0.4) is 0 Å². The molecule has 1 saturated carbocycles. The molecule has 1 fully saturated rings. The van der Waals surface area contributed by atoms with Gasteiger partial charge in [-0.25, -0.2) is 9.97 Å². The first-order chi connectivity index (χ1) is 11.5. The predicted molar refractivity (Wildman–Crippen MR) is 95.9 cm³/mol. The van der Waals surface area contributed by atoms with Gasteiger partial charge in [-0.1, -0.05) is 5.92 Å². The molecule has 6 nitrogen and oxygen atoms in total. The van der Waals surface area contributed by atoms with E-state index in [4.69, 9.17) is 6.42 Å². The molecule has 126 valence electrons. The molecule has 0 amide bonds. The zero-order valence-electron chi connectivity index (χ0n) is 14.1. The Bertz CT molecular complexity index is 760. The van der Waals surface area contributed by atoms with E-state index in [2.05, 4.69) is 45.4 Å². The molecule has 6 heteroatoms. The lowest BCUT2D eigenvalue weighted by atomic mass is 9.93. The Morgan fingerprint density at radius 3 is 2.67 bits per heavy atom. The van der Waals surface area contributed by atoms with Gasteiger partial charge in [0.1, 0.15) is 11.5 Å². The molecule has 3 rings (SSSR count). The first kappa shape index (κ1) is 16.5. The Hall–Kier alpha value is -2.39. The summed E-state index contributed by atoms with van der Waals surface area (Å²) in [6, 6.07) is 2.36. The van der Waals surface area contributed by atoms with E-state index in [1.165, 1.54) is 0 Å². The van der Waals surface area contributed by atoms with Crippen molar-refractivity contribution >= 4 is 22.7 Å². The fraction of sp³-hybridized carbons (Fsp3) is 0.500. The van der Waals surface area contributed by atoms with Gasteiger partial charge in [0, 0.05) is 17.5 Å². The van der Waals surface area contributed by atoms with E-state index in [1.807, 2.05) is 6.07 Å². The van der Waals surface area contributed by atoms with Crippen LogP contribution < -0.4 is 10.6 Å². The number of hydrogen-bond acceptors (Lipinski definition) is 6. The molecule has 3 N–H and O–H groups in total. The molecule has 24 heavy (non-hydrogen) atoms. The minimum absolute atomic E-state index is 0.176. The minimum atomic E-state index is -0.176. The van der Waals surface area contributed by atoms with Crippen LogP contribution in [0.2, 0.25) is 0 Å². The quantitative estimate of drug-likeness (QED) is 0.749. The third-order valence-electron chi connectivity index (χ3n) is 4.19. The number of aliphatic hydroxyl groups is 1. The largest absolute Gasteiger partial charge is 0.393 e. The van der Waals surface area contributed by atoms with E-state index in [0.29, 0.717) is 11.6 Å². The molecule has 2 heterocycles. The molecule has 0 bridgehead atoms. The maximum atomic E-state index is 9.63. The lowest BCUT2D eigenvalue weighted by Gasteiger charge is -2.26. The van der Waals surface area contributed by atoms with Crippen molar-refractivity contribution in [2.75, 3.05) is 10.6 Å². The molecule has 2 aromatic rings. The number of hydrogen-bond donors (Lipinski definition) is 3. The zero-order valence-corrected chi connectivity index (χ0v) is 14.1. The van der Waals surface area contributed by atoms with E-state index in [0.717, 1.165) is 42.4 Å². The molecule has 0 unspecified atom stereocenters. The Labute approximate surface area is 142 Å². The second kappa shape index (κ2) is 7.02. The number of rotatable bonds is 4. The molecule has 1 aliphatic carbocycles. The topological polar surface area (TPSA) is 83.0 Å². The third-order valence-corrected chi connectivity index (χ3v) is 4.19. The van der Waals surface area contributed by atoms with E-state index in [9.17, 15) is 5.11 Å². The lowest BCUT2D eigenvalue weighted by Crippen LogP contribution is -2.29. The van der Waals surface area contributed by atoms with Gasteiger partial charge in [-0.2, -0.15) is 4.98 Å². The minimum Gasteiger partial charge on any atom is -0.393 e. The molecule has 0 radical (unpaired) electrons. The maximum Gasteiger partial charge on any atom is 0.225 e. The Morgan fingerprint density at radius 1 is 1.25 bits per heavy atom. The smallest absolute Gasteiger partial charge is 0.225 e. The van der Waals surface area contributed by atoms with Crippen molar-refractivity contribution in [2.24, 2.45) is 0 Å². The van der Waals surface area contributed by atoms with Crippen LogP contribution in [0, 0.1) is 12.3 Å². The summed E-state index contributed by atoms with van der Waals surface area (Å²) in [5.74, 6) is 3.89. The second-order valence-electron chi connectivity index (χ2n) is 6.58. The van der Waals surface area contributed by atoms with Crippen LogP contribution in [0.1, 0.15) is 45.2 Å². The number of nitrogens with zero attached hydrogens (tertiary/aromatic N) is 3. The van der Waals surface area contributed by atoms with Crippen molar-refractivity contribution < 1.29 is 5.11 Å². The lowest BCUT2D eigenvalue weighted by molar-refractivity contribution is 0.126. The normalized spacial score (nSPS) is 20.8. The number of fused-ring (bicyclic) bond motifs is 1. The average Bonchev–Trinajstić information content (AvgIpc) is 2.56. The Morgan fingerprint density at radius 2 is 2.00 bits per heavy atom. The van der Waals surface area contributed by atoms with Crippen molar-refractivity contribution in [1.29, 1.82) is 0 Å². The maximum absolute atomic E-state index is 9.63. The van der Waals surface area contributed by atoms with Crippen molar-refractivity contribution in [1.82, 2.24) is 15.0 Å². The summed E-state index contributed by atoms with van der Waals surface area (Å²) in [5.41, 5.74) is 1.32. The van der Waals surface area contributed by atoms with E-state index in [-0.39, 0.29) is 18.2 Å². The highest BCUT2D eigenvalue weighted by atomic mass is 16.3. The Balaban J connectivity index is 1.92. The summed E-state index contributed by atoms with van der Waals surface area (Å²) in [5, 5.41) is 17.3. The highest BCUT2D eigenvalue weighted by Crippen LogP contribution is 2.25. The van der Waals surface area contributed by atoms with Gasteiger partial charge < -0.3 is 15.7 Å². The van der Waals surface area contributed by atoms with Crippen molar-refractivity contribution in [3.8, 4) is 12.3 Å². The van der Waals surface area contributed by atoms with Gasteiger partial charge in [-0.15, -0.1) is 6.42 Å². The Kier molecular flexibility index (Phi) is 4.81. The van der Waals surface area contributed by atoms with Gasteiger partial charge in [-0.3, -0.25) is 0 Å². The summed E-state index contributed by atoms with van der Waals surface area (Å²) in [7, 11) is 0. The van der Waals surface area contributed by atoms with E-state index >= 15 is 0 Å². The standard InChI is InChI=1S/C18H23N5O/c1-4-12-9-15-16(10-19-12)22-18(23-17(15)20-11(2)3)21-13-5-7-14(24)8-6-13/h1,9-11,13-14,24H,5-8H2,2-3H3,(H2,20,21,22,23). The predicted octanol–water partition coefficient (Wildman–Crippen LogP) is 2.54. The molecule has 1 aliphatic rings. The molecule has 0 aromatic carbocycles. The number of terminal acetylenes is 1. The summed E-state index contributed by atoms with van der Waals surface area (Å²) in [6.07, 6.45) is 10.4. The van der Waals surface area contributed by atoms with Crippen LogP contribution in [0.4, 0.5) is 11.8 Å². The number of nitrogens with one attached hydrogen (secondary N) is 2. The van der Waals surface area contributed by atoms with Gasteiger partial charge in [-0.05, 0) is 45.6 Å². The van der Waals surface area contributed by atoms with Crippen molar-refractivity contribution in [3.05, 3.63) is 18.0 Å². The fourth-order valence-corrected chi connectivity index (χ4v) is 2.96. The first-order valence-electron chi connectivity index (χ1n) is 8.40. The van der Waals surface area contributed by atoms with Crippen LogP contribution in [0.15, 0.2) is 12.3 Å². The monoisotopic (exact) mass is 325 g/mol. The SMILES string of the molecule is C#Cc1cc2c(NC(C)C)nc(NC3CCC(O)CC3)nc2cn1. The summed E-state index contributed by atoms with van der Waals surface area (Å²) in [4.78, 5) is 13.4. The molecular formula is C18H23N5O. The van der Waals surface area contributed by atoms with Crippen molar-refractivity contribution in [3.63, 3.8) is 0 Å². The second-order valence-corrected chi connectivity index (χ2v) is 6.58. The third kappa shape index (κ3) is 3.74. The van der Waals surface area contributed by atoms with Crippen molar-refractivity contribution in [2.45, 2.75) is 57.7 Å². The van der Waals surface area contributed by atoms with Gasteiger partial charge in [0.2, 0.25) is 5.95 Å². The number of aliphatic hydroxyl groups excluding tert-OH is 1. The summed E-state index contributed by atoms with van der Waals surface area (Å²) < 4.78 is 0. The molecular weight excluding hydrogens is 302 g/mol. The molecule has 2 aromatic heterocycles. The zero-order chi connectivity index (χ0) is 17.1. The molecule has 0 atom stereocenters. The van der Waals surface area contributed by atoms with Crippen LogP contribution >= 0.6 is 0 Å². The number of anilines is 2. The number of pyridine rings is 1. The average molecular weight is 325 g/mol. The van der Waals surface area contributed by atoms with Crippen LogP contribution in [-0.2, 0) is 0 Å². The first-order valence-corrected chi connectivity index (χ1v) is 8.40. The highest BCUT2D eigenvalue weighted by molar-refractivity contribution is 5.90. The van der Waals surface area contributed by atoms with Crippen LogP contribution in [-0.4, -0.2) is 38.2 Å². The van der Waals surface area contributed by atoms with Gasteiger partial charge >= 0.3 is 0 Å². The molecule has 0 aliphatic heterocycles. The summed E-state index contributed by atoms with van der Waals surface area (Å²) in [6.45, 7) is 4.12.